The van der Waals surface area contributed by atoms with Crippen molar-refractivity contribution in [2.45, 2.75) is 53.0 Å². The summed E-state index contributed by atoms with van der Waals surface area (Å²) in [5, 5.41) is 4.53. The molecule has 1 unspecified atom stereocenters. The summed E-state index contributed by atoms with van der Waals surface area (Å²) >= 11 is 0. The second-order valence-electron chi connectivity index (χ2n) is 5.76. The van der Waals surface area contributed by atoms with Crippen molar-refractivity contribution in [3.63, 3.8) is 0 Å². The van der Waals surface area contributed by atoms with Gasteiger partial charge in [0.2, 0.25) is 5.95 Å². The van der Waals surface area contributed by atoms with Gasteiger partial charge in [-0.25, -0.2) is 4.98 Å². The van der Waals surface area contributed by atoms with Crippen LogP contribution in [0, 0.1) is 5.92 Å². The fourth-order valence-electron chi connectivity index (χ4n) is 2.60. The Morgan fingerprint density at radius 2 is 1.89 bits per heavy atom. The van der Waals surface area contributed by atoms with Crippen LogP contribution in [0.4, 0.5) is 5.95 Å². The lowest BCUT2D eigenvalue weighted by atomic mass is 10.0. The highest BCUT2D eigenvalue weighted by molar-refractivity contribution is 5.78. The Balaban J connectivity index is 2.42. The number of nitrogens with zero attached hydrogens (tertiary/aromatic N) is 4. The largest absolute Gasteiger partial charge is 0.369 e. The number of aryl methyl sites for hydroxylation is 2. The van der Waals surface area contributed by atoms with Crippen LogP contribution in [0.2, 0.25) is 0 Å². The molecule has 0 spiro atoms. The second kappa shape index (κ2) is 5.23. The Morgan fingerprint density at radius 1 is 1.21 bits per heavy atom. The van der Waals surface area contributed by atoms with Gasteiger partial charge in [0, 0.05) is 13.1 Å². The van der Waals surface area contributed by atoms with Crippen molar-refractivity contribution in [3.8, 4) is 0 Å². The van der Waals surface area contributed by atoms with Gasteiger partial charge in [0.05, 0.1) is 5.69 Å². The van der Waals surface area contributed by atoms with Gasteiger partial charge < -0.3 is 5.73 Å². The monoisotopic (exact) mass is 263 g/mol. The summed E-state index contributed by atoms with van der Waals surface area (Å²) in [6.07, 6.45) is 3.19. The van der Waals surface area contributed by atoms with E-state index >= 15 is 0 Å². The molecule has 0 aliphatic carbocycles. The van der Waals surface area contributed by atoms with E-state index in [4.69, 9.17) is 5.73 Å². The van der Waals surface area contributed by atoms with Gasteiger partial charge in [0.15, 0.2) is 5.65 Å². The lowest BCUT2D eigenvalue weighted by molar-refractivity contribution is 0.445. The maximum Gasteiger partial charge on any atom is 0.202 e. The first kappa shape index (κ1) is 13.9. The molecule has 19 heavy (non-hydrogen) atoms. The molecule has 2 rings (SSSR count). The van der Waals surface area contributed by atoms with Crippen LogP contribution in [0.5, 0.6) is 0 Å². The molecule has 0 saturated carbocycles. The van der Waals surface area contributed by atoms with Gasteiger partial charge in [0.25, 0.3) is 0 Å². The van der Waals surface area contributed by atoms with Gasteiger partial charge in [-0.05, 0) is 32.1 Å². The summed E-state index contributed by atoms with van der Waals surface area (Å²) in [7, 11) is 1.97. The van der Waals surface area contributed by atoms with Crippen LogP contribution in [0.15, 0.2) is 0 Å². The molecule has 0 fully saturated rings. The zero-order chi connectivity index (χ0) is 14.2. The van der Waals surface area contributed by atoms with Gasteiger partial charge in [-0.15, -0.1) is 0 Å². The third-order valence-corrected chi connectivity index (χ3v) is 3.70. The molecule has 0 saturated heterocycles. The smallest absolute Gasteiger partial charge is 0.202 e. The minimum atomic E-state index is 0.354. The lowest BCUT2D eigenvalue weighted by Crippen LogP contribution is -2.12. The highest BCUT2D eigenvalue weighted by atomic mass is 15.4. The van der Waals surface area contributed by atoms with E-state index in [0.717, 1.165) is 29.7 Å². The Bertz CT molecular complexity index is 564. The highest BCUT2D eigenvalue weighted by Gasteiger charge is 2.20. The average molecular weight is 263 g/mol. The molecule has 1 atom stereocenters. The molecule has 0 aliphatic rings. The van der Waals surface area contributed by atoms with Crippen molar-refractivity contribution < 1.29 is 0 Å². The van der Waals surface area contributed by atoms with E-state index in [2.05, 4.69) is 42.3 Å². The number of hydrogen-bond acceptors (Lipinski definition) is 3. The minimum absolute atomic E-state index is 0.354. The van der Waals surface area contributed by atoms with Gasteiger partial charge in [-0.1, -0.05) is 20.8 Å². The molecule has 0 aliphatic heterocycles. The molecule has 5 nitrogen and oxygen atoms in total. The standard InChI is InChI=1S/C14H25N5/c1-6-11-12-13(18(5)17-11)19(14(15)16-12)10(4)8-7-9(2)3/h9-10H,6-8H2,1-5H3,(H2,15,16). The first-order chi connectivity index (χ1) is 8.95. The predicted octanol–water partition coefficient (Wildman–Crippen LogP) is 2.91. The van der Waals surface area contributed by atoms with Gasteiger partial charge in [-0.2, -0.15) is 5.10 Å². The van der Waals surface area contributed by atoms with E-state index < -0.39 is 0 Å². The molecule has 2 aromatic heterocycles. The van der Waals surface area contributed by atoms with E-state index in [1.54, 1.807) is 0 Å². The molecule has 0 amide bonds. The topological polar surface area (TPSA) is 61.7 Å². The van der Waals surface area contributed by atoms with E-state index in [9.17, 15) is 0 Å². The maximum atomic E-state index is 6.11. The summed E-state index contributed by atoms with van der Waals surface area (Å²) in [5.74, 6) is 1.31. The summed E-state index contributed by atoms with van der Waals surface area (Å²) in [6, 6.07) is 0.354. The number of anilines is 1. The number of nitrogen functional groups attached to an aromatic ring is 1. The van der Waals surface area contributed by atoms with Crippen LogP contribution in [-0.2, 0) is 13.5 Å². The van der Waals surface area contributed by atoms with Crippen LogP contribution in [-0.4, -0.2) is 19.3 Å². The van der Waals surface area contributed by atoms with Crippen molar-refractivity contribution in [2.75, 3.05) is 5.73 Å². The molecule has 106 valence electrons. The first-order valence-electron chi connectivity index (χ1n) is 7.14. The van der Waals surface area contributed by atoms with Crippen molar-refractivity contribution >= 4 is 17.1 Å². The Morgan fingerprint density at radius 3 is 2.47 bits per heavy atom. The van der Waals surface area contributed by atoms with Crippen molar-refractivity contribution in [3.05, 3.63) is 5.69 Å². The summed E-state index contributed by atoms with van der Waals surface area (Å²) in [5.41, 5.74) is 9.14. The minimum Gasteiger partial charge on any atom is -0.369 e. The van der Waals surface area contributed by atoms with Crippen LogP contribution < -0.4 is 5.73 Å². The Hall–Kier alpha value is -1.52. The number of hydrogen-bond donors (Lipinski definition) is 1. The summed E-state index contributed by atoms with van der Waals surface area (Å²) < 4.78 is 4.03. The van der Waals surface area contributed by atoms with Crippen molar-refractivity contribution in [2.24, 2.45) is 13.0 Å². The summed E-state index contributed by atoms with van der Waals surface area (Å²) in [6.45, 7) is 8.80. The third kappa shape index (κ3) is 2.46. The van der Waals surface area contributed by atoms with Crippen LogP contribution in [0.3, 0.4) is 0 Å². The fraction of sp³-hybridized carbons (Fsp3) is 0.714. The zero-order valence-corrected chi connectivity index (χ0v) is 12.6. The number of aromatic nitrogens is 4. The molecule has 0 aromatic carbocycles. The number of fused-ring (bicyclic) bond motifs is 1. The van der Waals surface area contributed by atoms with E-state index in [-0.39, 0.29) is 0 Å². The van der Waals surface area contributed by atoms with Crippen LogP contribution in [0.25, 0.3) is 11.2 Å². The normalized spacial score (nSPS) is 13.6. The van der Waals surface area contributed by atoms with E-state index in [1.807, 2.05) is 11.7 Å². The fourth-order valence-corrected chi connectivity index (χ4v) is 2.60. The molecule has 0 radical (unpaired) electrons. The highest BCUT2D eigenvalue weighted by Crippen LogP contribution is 2.28. The summed E-state index contributed by atoms with van der Waals surface area (Å²) in [4.78, 5) is 4.51. The number of imidazole rings is 1. The van der Waals surface area contributed by atoms with Crippen LogP contribution >= 0.6 is 0 Å². The SMILES string of the molecule is CCc1nn(C)c2c1nc(N)n2C(C)CCC(C)C. The third-order valence-electron chi connectivity index (χ3n) is 3.70. The van der Waals surface area contributed by atoms with Gasteiger partial charge >= 0.3 is 0 Å². The average Bonchev–Trinajstić information content (AvgIpc) is 2.83. The molecule has 2 aromatic rings. The van der Waals surface area contributed by atoms with Gasteiger partial charge in [-0.3, -0.25) is 9.25 Å². The second-order valence-corrected chi connectivity index (χ2v) is 5.76. The van der Waals surface area contributed by atoms with Crippen molar-refractivity contribution in [1.29, 1.82) is 0 Å². The van der Waals surface area contributed by atoms with Crippen LogP contribution in [0.1, 0.15) is 52.3 Å². The van der Waals surface area contributed by atoms with E-state index in [0.29, 0.717) is 17.9 Å². The number of rotatable bonds is 5. The quantitative estimate of drug-likeness (QED) is 0.902. The van der Waals surface area contributed by atoms with Crippen molar-refractivity contribution in [1.82, 2.24) is 19.3 Å². The van der Waals surface area contributed by atoms with Gasteiger partial charge in [0.1, 0.15) is 5.52 Å². The molecule has 5 heteroatoms. The Kier molecular flexibility index (Phi) is 3.83. The zero-order valence-electron chi connectivity index (χ0n) is 12.6. The van der Waals surface area contributed by atoms with E-state index in [1.165, 1.54) is 6.42 Å². The lowest BCUT2D eigenvalue weighted by Gasteiger charge is -2.17. The Labute approximate surface area is 114 Å². The molecule has 2 heterocycles. The molecular weight excluding hydrogens is 238 g/mol. The number of nitrogens with two attached hydrogens (primary N) is 1. The maximum absolute atomic E-state index is 6.11. The predicted molar refractivity (Wildman–Crippen MR) is 79.1 cm³/mol. The molecule has 2 N–H and O–H groups in total. The molecular formula is C14H25N5. The molecule has 0 bridgehead atoms. The first-order valence-corrected chi connectivity index (χ1v) is 7.14.